The monoisotopic (exact) mass is 382 g/mol. The second-order valence-electron chi connectivity index (χ2n) is 7.17. The molecule has 3 rings (SSSR count). The van der Waals surface area contributed by atoms with Crippen molar-refractivity contribution in [3.05, 3.63) is 54.1 Å². The maximum Gasteiger partial charge on any atom is 0.229 e. The van der Waals surface area contributed by atoms with Crippen LogP contribution in [0.3, 0.4) is 0 Å². The van der Waals surface area contributed by atoms with Crippen LogP contribution in [0.5, 0.6) is 11.5 Å². The lowest BCUT2D eigenvalue weighted by Crippen LogP contribution is -2.28. The second-order valence-corrected chi connectivity index (χ2v) is 7.17. The van der Waals surface area contributed by atoms with Gasteiger partial charge in [0, 0.05) is 30.8 Å². The first-order chi connectivity index (χ1) is 13.5. The van der Waals surface area contributed by atoms with E-state index in [0.717, 1.165) is 17.1 Å². The highest BCUT2D eigenvalue weighted by molar-refractivity contribution is 5.97. The van der Waals surface area contributed by atoms with Crippen LogP contribution in [-0.4, -0.2) is 36.5 Å². The zero-order chi connectivity index (χ0) is 20.1. The van der Waals surface area contributed by atoms with Crippen LogP contribution in [-0.2, 0) is 16.1 Å². The number of rotatable bonds is 7. The summed E-state index contributed by atoms with van der Waals surface area (Å²) in [5.74, 6) is 0.966. The number of nitrogens with one attached hydrogen (secondary N) is 1. The first kappa shape index (κ1) is 19.7. The number of hydrogen-bond donors (Lipinski definition) is 1. The Bertz CT molecular complexity index is 833. The van der Waals surface area contributed by atoms with E-state index in [1.165, 1.54) is 0 Å². The van der Waals surface area contributed by atoms with Gasteiger partial charge in [-0.05, 0) is 44.2 Å². The smallest absolute Gasteiger partial charge is 0.229 e. The minimum absolute atomic E-state index is 0.0215. The average Bonchev–Trinajstić information content (AvgIpc) is 3.04. The molecule has 1 saturated heterocycles. The van der Waals surface area contributed by atoms with Gasteiger partial charge < -0.3 is 19.7 Å². The van der Waals surface area contributed by atoms with Crippen molar-refractivity contribution in [1.29, 1.82) is 0 Å². The Hall–Kier alpha value is -3.02. The summed E-state index contributed by atoms with van der Waals surface area (Å²) in [5.41, 5.74) is 1.62. The highest BCUT2D eigenvalue weighted by Crippen LogP contribution is 2.26. The topological polar surface area (TPSA) is 67.9 Å². The van der Waals surface area contributed by atoms with E-state index in [1.54, 1.807) is 24.1 Å². The van der Waals surface area contributed by atoms with Gasteiger partial charge >= 0.3 is 0 Å². The number of carbonyl (C=O) groups excluding carboxylic acids is 2. The number of nitrogens with zero attached hydrogens (tertiary/aromatic N) is 1. The van der Waals surface area contributed by atoms with Crippen LogP contribution in [0.4, 0.5) is 5.69 Å². The molecule has 1 aliphatic heterocycles. The molecule has 1 atom stereocenters. The van der Waals surface area contributed by atoms with E-state index in [2.05, 4.69) is 5.32 Å². The molecule has 1 fully saturated rings. The van der Waals surface area contributed by atoms with Crippen molar-refractivity contribution < 1.29 is 19.1 Å². The fraction of sp³-hybridized carbons (Fsp3) is 0.364. The third-order valence-electron chi connectivity index (χ3n) is 4.63. The molecule has 0 aliphatic carbocycles. The van der Waals surface area contributed by atoms with Gasteiger partial charge in [-0.3, -0.25) is 9.59 Å². The van der Waals surface area contributed by atoms with E-state index in [1.807, 2.05) is 50.2 Å². The van der Waals surface area contributed by atoms with Crippen LogP contribution in [0.25, 0.3) is 0 Å². The van der Waals surface area contributed by atoms with Crippen LogP contribution >= 0.6 is 0 Å². The third kappa shape index (κ3) is 4.82. The minimum Gasteiger partial charge on any atom is -0.496 e. The Kier molecular flexibility index (Phi) is 6.19. The zero-order valence-corrected chi connectivity index (χ0v) is 16.5. The molecule has 1 heterocycles. The van der Waals surface area contributed by atoms with Gasteiger partial charge in [-0.1, -0.05) is 18.2 Å². The summed E-state index contributed by atoms with van der Waals surface area (Å²) in [6.45, 7) is 4.76. The van der Waals surface area contributed by atoms with Crippen molar-refractivity contribution in [3.8, 4) is 11.5 Å². The quantitative estimate of drug-likeness (QED) is 0.796. The lowest BCUT2D eigenvalue weighted by atomic mass is 10.1. The van der Waals surface area contributed by atoms with Crippen LogP contribution in [0.1, 0.15) is 25.8 Å². The number of benzene rings is 2. The molecule has 1 aliphatic rings. The minimum atomic E-state index is -0.367. The fourth-order valence-electron chi connectivity index (χ4n) is 3.27. The molecular weight excluding hydrogens is 356 g/mol. The normalized spacial score (nSPS) is 16.4. The molecule has 0 spiro atoms. The van der Waals surface area contributed by atoms with Gasteiger partial charge in [0.25, 0.3) is 0 Å². The van der Waals surface area contributed by atoms with Crippen molar-refractivity contribution in [2.45, 2.75) is 32.9 Å². The standard InChI is InChI=1S/C22H26N2O4/c1-15(2)28-19-10-8-18(9-11-19)23-22(26)17-12-21(25)24(14-17)13-16-6-4-5-7-20(16)27-3/h4-11,15,17H,12-14H2,1-3H3,(H,23,26). The van der Waals surface area contributed by atoms with Crippen LogP contribution in [0.15, 0.2) is 48.5 Å². The summed E-state index contributed by atoms with van der Waals surface area (Å²) in [6.07, 6.45) is 0.314. The van der Waals surface area contributed by atoms with Gasteiger partial charge in [0.2, 0.25) is 11.8 Å². The Morgan fingerprint density at radius 3 is 2.57 bits per heavy atom. The van der Waals surface area contributed by atoms with E-state index in [9.17, 15) is 9.59 Å². The van der Waals surface area contributed by atoms with Crippen molar-refractivity contribution >= 4 is 17.5 Å². The fourth-order valence-corrected chi connectivity index (χ4v) is 3.27. The first-order valence-corrected chi connectivity index (χ1v) is 9.43. The molecule has 6 heteroatoms. The van der Waals surface area contributed by atoms with Crippen molar-refractivity contribution in [2.75, 3.05) is 19.0 Å². The molecule has 1 unspecified atom stereocenters. The Morgan fingerprint density at radius 1 is 1.18 bits per heavy atom. The average molecular weight is 382 g/mol. The number of carbonyl (C=O) groups is 2. The van der Waals surface area contributed by atoms with Crippen molar-refractivity contribution in [2.24, 2.45) is 5.92 Å². The predicted molar refractivity (Wildman–Crippen MR) is 107 cm³/mol. The number of ether oxygens (including phenoxy) is 2. The molecule has 0 radical (unpaired) electrons. The maximum absolute atomic E-state index is 12.6. The summed E-state index contributed by atoms with van der Waals surface area (Å²) in [7, 11) is 1.61. The number of methoxy groups -OCH3 is 1. The summed E-state index contributed by atoms with van der Waals surface area (Å²) in [4.78, 5) is 26.7. The molecule has 6 nitrogen and oxygen atoms in total. The molecule has 2 aromatic carbocycles. The molecule has 0 bridgehead atoms. The third-order valence-corrected chi connectivity index (χ3v) is 4.63. The number of hydrogen-bond acceptors (Lipinski definition) is 4. The van der Waals surface area contributed by atoms with Gasteiger partial charge in [0.1, 0.15) is 11.5 Å². The molecule has 2 aromatic rings. The number of likely N-dealkylation sites (tertiary alicyclic amines) is 1. The van der Waals surface area contributed by atoms with Gasteiger partial charge in [-0.15, -0.1) is 0 Å². The van der Waals surface area contributed by atoms with Crippen molar-refractivity contribution in [1.82, 2.24) is 4.90 Å². The zero-order valence-electron chi connectivity index (χ0n) is 16.5. The first-order valence-electron chi connectivity index (χ1n) is 9.43. The molecule has 0 aromatic heterocycles. The molecule has 2 amide bonds. The summed E-state index contributed by atoms with van der Waals surface area (Å²) < 4.78 is 11.0. The number of para-hydroxylation sites is 1. The SMILES string of the molecule is COc1ccccc1CN1CC(C(=O)Nc2ccc(OC(C)C)cc2)CC1=O. The van der Waals surface area contributed by atoms with Crippen LogP contribution in [0, 0.1) is 5.92 Å². The largest absolute Gasteiger partial charge is 0.496 e. The van der Waals surface area contributed by atoms with E-state index < -0.39 is 0 Å². The Balaban J connectivity index is 1.59. The molecule has 28 heavy (non-hydrogen) atoms. The molecule has 0 saturated carbocycles. The molecule has 1 N–H and O–H groups in total. The lowest BCUT2D eigenvalue weighted by Gasteiger charge is -2.18. The van der Waals surface area contributed by atoms with E-state index >= 15 is 0 Å². The van der Waals surface area contributed by atoms with Crippen LogP contribution < -0.4 is 14.8 Å². The summed E-state index contributed by atoms with van der Waals surface area (Å²) in [5, 5.41) is 2.89. The Morgan fingerprint density at radius 2 is 1.89 bits per heavy atom. The number of anilines is 1. The van der Waals surface area contributed by atoms with E-state index in [-0.39, 0.29) is 30.3 Å². The van der Waals surface area contributed by atoms with Crippen LogP contribution in [0.2, 0.25) is 0 Å². The van der Waals surface area contributed by atoms with Gasteiger partial charge in [0.15, 0.2) is 0 Å². The highest BCUT2D eigenvalue weighted by atomic mass is 16.5. The van der Waals surface area contributed by atoms with Crippen molar-refractivity contribution in [3.63, 3.8) is 0 Å². The van der Waals surface area contributed by atoms with Gasteiger partial charge in [0.05, 0.1) is 19.1 Å². The van der Waals surface area contributed by atoms with E-state index in [4.69, 9.17) is 9.47 Å². The Labute approximate surface area is 165 Å². The lowest BCUT2D eigenvalue weighted by molar-refractivity contribution is -0.128. The van der Waals surface area contributed by atoms with Gasteiger partial charge in [-0.2, -0.15) is 0 Å². The summed E-state index contributed by atoms with van der Waals surface area (Å²) in [6, 6.07) is 14.9. The molecular formula is C22H26N2O4. The summed E-state index contributed by atoms with van der Waals surface area (Å²) >= 11 is 0. The predicted octanol–water partition coefficient (Wildman–Crippen LogP) is 3.47. The molecule has 148 valence electrons. The maximum atomic E-state index is 12.6. The van der Waals surface area contributed by atoms with E-state index in [0.29, 0.717) is 18.8 Å². The highest BCUT2D eigenvalue weighted by Gasteiger charge is 2.34. The number of amides is 2. The second kappa shape index (κ2) is 8.78. The van der Waals surface area contributed by atoms with Gasteiger partial charge in [-0.25, -0.2) is 0 Å².